The van der Waals surface area contributed by atoms with Crippen LogP contribution in [0.4, 0.5) is 5.69 Å². The second-order valence-electron chi connectivity index (χ2n) is 7.37. The molecular weight excluding hydrogens is 380 g/mol. The quantitative estimate of drug-likeness (QED) is 0.428. The summed E-state index contributed by atoms with van der Waals surface area (Å²) in [7, 11) is 0. The molecule has 3 N–H and O–H groups in total. The van der Waals surface area contributed by atoms with E-state index in [2.05, 4.69) is 40.4 Å². The minimum absolute atomic E-state index is 0.0491. The van der Waals surface area contributed by atoms with Crippen molar-refractivity contribution >= 4 is 33.7 Å². The van der Waals surface area contributed by atoms with Crippen molar-refractivity contribution in [1.29, 1.82) is 0 Å². The number of rotatable bonds is 4. The number of imidazole rings is 1. The van der Waals surface area contributed by atoms with Gasteiger partial charge in [-0.3, -0.25) is 19.9 Å². The fourth-order valence-corrected chi connectivity index (χ4v) is 3.45. The maximum Gasteiger partial charge on any atom is 0.227 e. The number of H-pyrrole nitrogens is 2. The van der Waals surface area contributed by atoms with Crippen molar-refractivity contribution in [3.63, 3.8) is 0 Å². The highest BCUT2D eigenvalue weighted by Crippen LogP contribution is 2.31. The molecule has 0 radical (unpaired) electrons. The predicted octanol–water partition coefficient (Wildman–Crippen LogP) is 3.31. The summed E-state index contributed by atoms with van der Waals surface area (Å²) in [4.78, 5) is 32.9. The molecule has 30 heavy (non-hydrogen) atoms. The van der Waals surface area contributed by atoms with Gasteiger partial charge in [-0.1, -0.05) is 0 Å². The van der Waals surface area contributed by atoms with Gasteiger partial charge < -0.3 is 10.3 Å². The normalized spacial score (nSPS) is 13.7. The molecule has 0 aliphatic heterocycles. The van der Waals surface area contributed by atoms with E-state index >= 15 is 0 Å². The molecule has 1 aliphatic rings. The van der Waals surface area contributed by atoms with E-state index in [1.807, 2.05) is 24.3 Å². The first-order chi connectivity index (χ1) is 14.7. The van der Waals surface area contributed by atoms with Gasteiger partial charge in [0.25, 0.3) is 0 Å². The number of aromatic amines is 2. The Hall–Kier alpha value is -4.14. The standard InChI is InChI=1S/C21H16N8O/c30-21(11-3-4-11)25-13-6-12(8-22-9-13)16-7-14-17(10-24-16)28-29-18(14)20-26-15-2-1-5-23-19(15)27-20/h1-2,5-11H,3-4H2,(H,25,30)(H,28,29)(H,23,26,27). The number of fused-ring (bicyclic) bond motifs is 2. The fraction of sp³-hybridized carbons (Fsp3) is 0.143. The van der Waals surface area contributed by atoms with Crippen LogP contribution in [0.5, 0.6) is 0 Å². The van der Waals surface area contributed by atoms with Crippen molar-refractivity contribution in [3.05, 3.63) is 49.1 Å². The molecule has 146 valence electrons. The maximum absolute atomic E-state index is 12.1. The van der Waals surface area contributed by atoms with Crippen LogP contribution in [-0.4, -0.2) is 41.0 Å². The molecule has 0 atom stereocenters. The molecule has 1 aliphatic carbocycles. The van der Waals surface area contributed by atoms with Crippen molar-refractivity contribution in [1.82, 2.24) is 35.1 Å². The minimum atomic E-state index is 0.0491. The summed E-state index contributed by atoms with van der Waals surface area (Å²) in [6, 6.07) is 7.61. The highest BCUT2D eigenvalue weighted by Gasteiger charge is 2.29. The summed E-state index contributed by atoms with van der Waals surface area (Å²) >= 11 is 0. The Labute approximate surface area is 170 Å². The molecule has 9 nitrogen and oxygen atoms in total. The number of amides is 1. The van der Waals surface area contributed by atoms with Crippen LogP contribution < -0.4 is 5.32 Å². The Kier molecular flexibility index (Phi) is 3.61. The fourth-order valence-electron chi connectivity index (χ4n) is 3.45. The number of aromatic nitrogens is 7. The van der Waals surface area contributed by atoms with E-state index in [1.54, 1.807) is 24.8 Å². The van der Waals surface area contributed by atoms with E-state index in [0.717, 1.165) is 40.5 Å². The zero-order chi connectivity index (χ0) is 20.1. The second-order valence-corrected chi connectivity index (χ2v) is 7.37. The predicted molar refractivity (Wildman–Crippen MR) is 111 cm³/mol. The van der Waals surface area contributed by atoms with Gasteiger partial charge in [-0.15, -0.1) is 0 Å². The summed E-state index contributed by atoms with van der Waals surface area (Å²) in [6.07, 6.45) is 8.73. The van der Waals surface area contributed by atoms with Gasteiger partial charge in [0.05, 0.1) is 34.8 Å². The molecule has 0 bridgehead atoms. The lowest BCUT2D eigenvalue weighted by Gasteiger charge is -2.06. The van der Waals surface area contributed by atoms with Crippen LogP contribution >= 0.6 is 0 Å². The number of hydrogen-bond donors (Lipinski definition) is 3. The van der Waals surface area contributed by atoms with E-state index in [-0.39, 0.29) is 11.8 Å². The van der Waals surface area contributed by atoms with Gasteiger partial charge in [0.2, 0.25) is 5.91 Å². The smallest absolute Gasteiger partial charge is 0.227 e. The molecule has 9 heteroatoms. The molecule has 5 heterocycles. The van der Waals surface area contributed by atoms with E-state index < -0.39 is 0 Å². The van der Waals surface area contributed by atoms with Gasteiger partial charge in [-0.2, -0.15) is 5.10 Å². The molecular formula is C21H16N8O. The Bertz CT molecular complexity index is 1380. The second kappa shape index (κ2) is 6.45. The van der Waals surface area contributed by atoms with Gasteiger partial charge in [0.1, 0.15) is 5.69 Å². The molecule has 0 saturated heterocycles. The summed E-state index contributed by atoms with van der Waals surface area (Å²) in [5.74, 6) is 0.818. The third kappa shape index (κ3) is 2.87. The number of anilines is 1. The zero-order valence-electron chi connectivity index (χ0n) is 15.8. The topological polar surface area (TPSA) is 125 Å². The molecule has 0 spiro atoms. The Morgan fingerprint density at radius 2 is 2.03 bits per heavy atom. The zero-order valence-corrected chi connectivity index (χ0v) is 15.8. The van der Waals surface area contributed by atoms with Crippen molar-refractivity contribution < 1.29 is 4.79 Å². The van der Waals surface area contributed by atoms with Gasteiger partial charge in [0.15, 0.2) is 11.5 Å². The van der Waals surface area contributed by atoms with Gasteiger partial charge >= 0.3 is 0 Å². The Balaban J connectivity index is 1.40. The molecule has 0 aromatic carbocycles. The van der Waals surface area contributed by atoms with Crippen molar-refractivity contribution in [2.24, 2.45) is 5.92 Å². The SMILES string of the molecule is O=C(Nc1cncc(-c2cc3c(-c4nc5ncccc5[nH]4)n[nH]c3cn2)c1)C1CC1. The van der Waals surface area contributed by atoms with Crippen LogP contribution in [0.15, 0.2) is 49.1 Å². The first-order valence-electron chi connectivity index (χ1n) is 9.66. The van der Waals surface area contributed by atoms with Crippen molar-refractivity contribution in [2.75, 3.05) is 5.32 Å². The van der Waals surface area contributed by atoms with Crippen LogP contribution in [-0.2, 0) is 4.79 Å². The van der Waals surface area contributed by atoms with Gasteiger partial charge in [-0.25, -0.2) is 9.97 Å². The minimum Gasteiger partial charge on any atom is -0.335 e. The summed E-state index contributed by atoms with van der Waals surface area (Å²) in [6.45, 7) is 0. The van der Waals surface area contributed by atoms with E-state index in [9.17, 15) is 4.79 Å². The Morgan fingerprint density at radius 3 is 2.90 bits per heavy atom. The van der Waals surface area contributed by atoms with Crippen LogP contribution in [0.3, 0.4) is 0 Å². The molecule has 1 saturated carbocycles. The van der Waals surface area contributed by atoms with Gasteiger partial charge in [0, 0.05) is 29.3 Å². The number of carbonyl (C=O) groups excluding carboxylic acids is 1. The molecule has 5 aromatic rings. The lowest BCUT2D eigenvalue weighted by Crippen LogP contribution is -2.13. The molecule has 6 rings (SSSR count). The average Bonchev–Trinajstić information content (AvgIpc) is 3.40. The number of nitrogens with one attached hydrogen (secondary N) is 3. The highest BCUT2D eigenvalue weighted by molar-refractivity contribution is 5.96. The van der Waals surface area contributed by atoms with Crippen LogP contribution in [0.2, 0.25) is 0 Å². The molecule has 1 amide bonds. The first kappa shape index (κ1) is 16.8. The van der Waals surface area contributed by atoms with Crippen LogP contribution in [0.25, 0.3) is 44.8 Å². The summed E-state index contributed by atoms with van der Waals surface area (Å²) in [5.41, 5.74) is 5.19. The number of carbonyl (C=O) groups is 1. The summed E-state index contributed by atoms with van der Waals surface area (Å²) < 4.78 is 0. The van der Waals surface area contributed by atoms with Gasteiger partial charge in [-0.05, 0) is 37.1 Å². The largest absolute Gasteiger partial charge is 0.335 e. The average molecular weight is 396 g/mol. The van der Waals surface area contributed by atoms with Crippen molar-refractivity contribution in [3.8, 4) is 22.8 Å². The summed E-state index contributed by atoms with van der Waals surface area (Å²) in [5, 5.41) is 11.2. The number of hydrogen-bond acceptors (Lipinski definition) is 6. The number of pyridine rings is 3. The van der Waals surface area contributed by atoms with Crippen molar-refractivity contribution in [2.45, 2.75) is 12.8 Å². The first-order valence-corrected chi connectivity index (χ1v) is 9.66. The third-order valence-electron chi connectivity index (χ3n) is 5.18. The van der Waals surface area contributed by atoms with Crippen LogP contribution in [0.1, 0.15) is 12.8 Å². The third-order valence-corrected chi connectivity index (χ3v) is 5.18. The maximum atomic E-state index is 12.1. The highest BCUT2D eigenvalue weighted by atomic mass is 16.2. The molecule has 1 fully saturated rings. The molecule has 0 unspecified atom stereocenters. The lowest BCUT2D eigenvalue weighted by molar-refractivity contribution is -0.117. The van der Waals surface area contributed by atoms with E-state index in [4.69, 9.17) is 0 Å². The number of nitrogens with zero attached hydrogens (tertiary/aromatic N) is 5. The molecule has 5 aromatic heterocycles. The van der Waals surface area contributed by atoms with E-state index in [1.165, 1.54) is 0 Å². The Morgan fingerprint density at radius 1 is 1.10 bits per heavy atom. The van der Waals surface area contributed by atoms with Crippen LogP contribution in [0, 0.1) is 5.92 Å². The lowest BCUT2D eigenvalue weighted by atomic mass is 10.1. The monoisotopic (exact) mass is 396 g/mol. The van der Waals surface area contributed by atoms with E-state index in [0.29, 0.717) is 22.9 Å².